The predicted octanol–water partition coefficient (Wildman–Crippen LogP) is 0.958. The van der Waals surface area contributed by atoms with Gasteiger partial charge in [0.25, 0.3) is 0 Å². The minimum absolute atomic E-state index is 0.277. The van der Waals surface area contributed by atoms with Crippen LogP contribution in [0, 0.1) is 6.92 Å². The predicted molar refractivity (Wildman–Crippen MR) is 54.2 cm³/mol. The van der Waals surface area contributed by atoms with E-state index in [1.807, 2.05) is 25.1 Å². The molecule has 0 aliphatic carbocycles. The third-order valence-electron chi connectivity index (χ3n) is 2.23. The largest absolute Gasteiger partial charge is 0.399 e. The lowest BCUT2D eigenvalue weighted by Gasteiger charge is -2.17. The van der Waals surface area contributed by atoms with E-state index in [1.165, 1.54) is 0 Å². The molecule has 72 valence electrons. The molecule has 5 N–H and O–H groups in total. The summed E-state index contributed by atoms with van der Waals surface area (Å²) < 4.78 is 0. The fraction of sp³-hybridized carbons (Fsp3) is 0.400. The molecule has 0 aliphatic rings. The maximum atomic E-state index is 9.72. The van der Waals surface area contributed by atoms with E-state index in [0.29, 0.717) is 5.69 Å². The highest BCUT2D eigenvalue weighted by Crippen LogP contribution is 2.23. The zero-order valence-electron chi connectivity index (χ0n) is 7.99. The number of aliphatic hydroxyl groups is 1. The van der Waals surface area contributed by atoms with Crippen molar-refractivity contribution in [3.05, 3.63) is 29.3 Å². The van der Waals surface area contributed by atoms with Gasteiger partial charge in [-0.3, -0.25) is 0 Å². The van der Waals surface area contributed by atoms with Crippen molar-refractivity contribution >= 4 is 5.69 Å². The van der Waals surface area contributed by atoms with Crippen molar-refractivity contribution in [2.45, 2.75) is 26.0 Å². The van der Waals surface area contributed by atoms with E-state index in [4.69, 9.17) is 11.5 Å². The molecule has 0 spiro atoms. The normalized spacial score (nSPS) is 15.4. The molecule has 0 radical (unpaired) electrons. The molecule has 0 amide bonds. The molecule has 0 fully saturated rings. The molecule has 0 bridgehead atoms. The molecule has 3 heteroatoms. The molecule has 0 saturated carbocycles. The van der Waals surface area contributed by atoms with Crippen molar-refractivity contribution in [1.29, 1.82) is 0 Å². The van der Waals surface area contributed by atoms with E-state index in [2.05, 4.69) is 0 Å². The Balaban J connectivity index is 3.07. The summed E-state index contributed by atoms with van der Waals surface area (Å²) in [7, 11) is 0. The molecule has 0 saturated heterocycles. The molecule has 0 unspecified atom stereocenters. The van der Waals surface area contributed by atoms with Crippen LogP contribution in [0.4, 0.5) is 5.69 Å². The SMILES string of the molecule is Cc1c(N)cccc1[C@@H](O)[C@H](C)N. The van der Waals surface area contributed by atoms with Gasteiger partial charge in [-0.25, -0.2) is 0 Å². The lowest BCUT2D eigenvalue weighted by molar-refractivity contribution is 0.153. The van der Waals surface area contributed by atoms with Gasteiger partial charge in [0, 0.05) is 11.7 Å². The van der Waals surface area contributed by atoms with Crippen molar-refractivity contribution in [3.8, 4) is 0 Å². The molecular formula is C10H16N2O. The van der Waals surface area contributed by atoms with Gasteiger partial charge >= 0.3 is 0 Å². The van der Waals surface area contributed by atoms with Crippen LogP contribution in [0.2, 0.25) is 0 Å². The zero-order valence-corrected chi connectivity index (χ0v) is 7.99. The number of hydrogen-bond donors (Lipinski definition) is 3. The van der Waals surface area contributed by atoms with Gasteiger partial charge < -0.3 is 16.6 Å². The van der Waals surface area contributed by atoms with E-state index < -0.39 is 6.10 Å². The van der Waals surface area contributed by atoms with Gasteiger partial charge in [0.15, 0.2) is 0 Å². The Kier molecular flexibility index (Phi) is 2.90. The van der Waals surface area contributed by atoms with Crippen LogP contribution in [0.3, 0.4) is 0 Å². The molecule has 1 rings (SSSR count). The lowest BCUT2D eigenvalue weighted by Crippen LogP contribution is -2.25. The summed E-state index contributed by atoms with van der Waals surface area (Å²) >= 11 is 0. The summed E-state index contributed by atoms with van der Waals surface area (Å²) in [6, 6.07) is 5.20. The second-order valence-corrected chi connectivity index (χ2v) is 3.37. The van der Waals surface area contributed by atoms with Crippen molar-refractivity contribution in [3.63, 3.8) is 0 Å². The van der Waals surface area contributed by atoms with E-state index in [9.17, 15) is 5.11 Å². The Morgan fingerprint density at radius 1 is 1.38 bits per heavy atom. The summed E-state index contributed by atoms with van der Waals surface area (Å²) in [5.74, 6) is 0. The topological polar surface area (TPSA) is 72.3 Å². The van der Waals surface area contributed by atoms with Gasteiger partial charge in [0.1, 0.15) is 0 Å². The highest BCUT2D eigenvalue weighted by Gasteiger charge is 2.15. The van der Waals surface area contributed by atoms with Crippen LogP contribution in [0.5, 0.6) is 0 Å². The van der Waals surface area contributed by atoms with Crippen molar-refractivity contribution in [2.24, 2.45) is 5.73 Å². The highest BCUT2D eigenvalue weighted by molar-refractivity contribution is 5.50. The number of nitrogen functional groups attached to an aromatic ring is 1. The quantitative estimate of drug-likeness (QED) is 0.593. The van der Waals surface area contributed by atoms with Crippen LogP contribution in [0.1, 0.15) is 24.2 Å². The van der Waals surface area contributed by atoms with Crippen LogP contribution >= 0.6 is 0 Å². The van der Waals surface area contributed by atoms with Crippen LogP contribution in [0.15, 0.2) is 18.2 Å². The Morgan fingerprint density at radius 2 is 2.00 bits per heavy atom. The summed E-state index contributed by atoms with van der Waals surface area (Å²) in [5, 5.41) is 9.72. The number of benzene rings is 1. The fourth-order valence-electron chi connectivity index (χ4n) is 1.28. The molecule has 2 atom stereocenters. The molecular weight excluding hydrogens is 164 g/mol. The zero-order chi connectivity index (χ0) is 10.0. The summed E-state index contributed by atoms with van der Waals surface area (Å²) in [6.45, 7) is 3.66. The first-order chi connectivity index (χ1) is 6.04. The molecule has 0 aromatic heterocycles. The Bertz CT molecular complexity index is 297. The van der Waals surface area contributed by atoms with Gasteiger partial charge in [-0.2, -0.15) is 0 Å². The van der Waals surface area contributed by atoms with E-state index >= 15 is 0 Å². The summed E-state index contributed by atoms with van der Waals surface area (Å²) in [5.41, 5.74) is 13.7. The summed E-state index contributed by atoms with van der Waals surface area (Å²) in [4.78, 5) is 0. The lowest BCUT2D eigenvalue weighted by atomic mass is 9.98. The molecule has 0 aliphatic heterocycles. The van der Waals surface area contributed by atoms with E-state index in [1.54, 1.807) is 6.92 Å². The Morgan fingerprint density at radius 3 is 2.54 bits per heavy atom. The average Bonchev–Trinajstić information content (AvgIpc) is 2.08. The Labute approximate surface area is 78.4 Å². The van der Waals surface area contributed by atoms with Gasteiger partial charge in [-0.15, -0.1) is 0 Å². The van der Waals surface area contributed by atoms with Crippen molar-refractivity contribution < 1.29 is 5.11 Å². The Hall–Kier alpha value is -1.06. The van der Waals surface area contributed by atoms with Crippen molar-refractivity contribution in [2.75, 3.05) is 5.73 Å². The number of aliphatic hydroxyl groups excluding tert-OH is 1. The monoisotopic (exact) mass is 180 g/mol. The van der Waals surface area contributed by atoms with E-state index in [-0.39, 0.29) is 6.04 Å². The number of anilines is 1. The highest BCUT2D eigenvalue weighted by atomic mass is 16.3. The number of rotatable bonds is 2. The third kappa shape index (κ3) is 1.99. The van der Waals surface area contributed by atoms with Crippen LogP contribution in [-0.2, 0) is 0 Å². The minimum atomic E-state index is -0.636. The van der Waals surface area contributed by atoms with Crippen LogP contribution < -0.4 is 11.5 Å². The molecule has 1 aromatic carbocycles. The summed E-state index contributed by atoms with van der Waals surface area (Å²) in [6.07, 6.45) is -0.636. The maximum absolute atomic E-state index is 9.72. The third-order valence-corrected chi connectivity index (χ3v) is 2.23. The molecule has 3 nitrogen and oxygen atoms in total. The van der Waals surface area contributed by atoms with Gasteiger partial charge in [-0.05, 0) is 31.0 Å². The number of hydrogen-bond acceptors (Lipinski definition) is 3. The van der Waals surface area contributed by atoms with Gasteiger partial charge in [0.2, 0.25) is 0 Å². The minimum Gasteiger partial charge on any atom is -0.399 e. The van der Waals surface area contributed by atoms with Gasteiger partial charge in [-0.1, -0.05) is 12.1 Å². The molecule has 1 aromatic rings. The second kappa shape index (κ2) is 3.77. The van der Waals surface area contributed by atoms with Crippen molar-refractivity contribution in [1.82, 2.24) is 0 Å². The second-order valence-electron chi connectivity index (χ2n) is 3.37. The first-order valence-electron chi connectivity index (χ1n) is 4.32. The van der Waals surface area contributed by atoms with Crippen LogP contribution in [0.25, 0.3) is 0 Å². The molecule has 13 heavy (non-hydrogen) atoms. The van der Waals surface area contributed by atoms with Gasteiger partial charge in [0.05, 0.1) is 6.10 Å². The van der Waals surface area contributed by atoms with Crippen LogP contribution in [-0.4, -0.2) is 11.1 Å². The maximum Gasteiger partial charge on any atom is 0.0941 e. The first-order valence-corrected chi connectivity index (χ1v) is 4.32. The van der Waals surface area contributed by atoms with E-state index in [0.717, 1.165) is 11.1 Å². The fourth-order valence-corrected chi connectivity index (χ4v) is 1.28. The average molecular weight is 180 g/mol. The standard InChI is InChI=1S/C10H16N2O/c1-6-8(10(13)7(2)11)4-3-5-9(6)12/h3-5,7,10,13H,11-12H2,1-2H3/t7-,10-/m0/s1. The smallest absolute Gasteiger partial charge is 0.0941 e. The molecule has 0 heterocycles. The number of nitrogens with two attached hydrogens (primary N) is 2. The first kappa shape index (κ1) is 10.0.